The van der Waals surface area contributed by atoms with E-state index in [-0.39, 0.29) is 0 Å². The normalized spacial score (nSPS) is 13.9. The van der Waals surface area contributed by atoms with E-state index in [4.69, 9.17) is 0 Å². The molecule has 0 aliphatic carbocycles. The zero-order chi connectivity index (χ0) is 13.0. The van der Waals surface area contributed by atoms with Gasteiger partial charge < -0.3 is 10.2 Å². The van der Waals surface area contributed by atoms with Gasteiger partial charge in [-0.05, 0) is 5.56 Å². The Bertz CT molecular complexity index is 508. The van der Waals surface area contributed by atoms with Crippen molar-refractivity contribution >= 4 is 5.78 Å². The molecule has 0 bridgehead atoms. The third kappa shape index (κ3) is 2.64. The average molecular weight is 242 g/mol. The zero-order valence-corrected chi connectivity index (χ0v) is 9.73. The van der Waals surface area contributed by atoms with Crippen molar-refractivity contribution in [1.82, 2.24) is 0 Å². The monoisotopic (exact) mass is 242 g/mol. The molecule has 0 fully saturated rings. The molecular formula is C15H14O3. The van der Waals surface area contributed by atoms with Gasteiger partial charge in [-0.3, -0.25) is 4.79 Å². The summed E-state index contributed by atoms with van der Waals surface area (Å²) in [4.78, 5) is 11.9. The summed E-state index contributed by atoms with van der Waals surface area (Å²) in [6.45, 7) is 0. The summed E-state index contributed by atoms with van der Waals surface area (Å²) < 4.78 is 0. The van der Waals surface area contributed by atoms with Crippen molar-refractivity contribution in [3.63, 3.8) is 0 Å². The van der Waals surface area contributed by atoms with Crippen molar-refractivity contribution in [3.8, 4) is 0 Å². The summed E-state index contributed by atoms with van der Waals surface area (Å²) in [6.07, 6.45) is -2.66. The number of rotatable bonds is 4. The van der Waals surface area contributed by atoms with Crippen LogP contribution < -0.4 is 0 Å². The van der Waals surface area contributed by atoms with Crippen LogP contribution in [0.1, 0.15) is 22.0 Å². The Kier molecular flexibility index (Phi) is 3.87. The van der Waals surface area contributed by atoms with Gasteiger partial charge in [0.2, 0.25) is 0 Å². The highest BCUT2D eigenvalue weighted by atomic mass is 16.3. The van der Waals surface area contributed by atoms with E-state index in [1.165, 1.54) is 0 Å². The summed E-state index contributed by atoms with van der Waals surface area (Å²) in [6, 6.07) is 17.1. The summed E-state index contributed by atoms with van der Waals surface area (Å²) in [7, 11) is 0. The van der Waals surface area contributed by atoms with Gasteiger partial charge in [-0.25, -0.2) is 0 Å². The summed E-state index contributed by atoms with van der Waals surface area (Å²) in [5.41, 5.74) is 0.911. The highest BCUT2D eigenvalue weighted by Crippen LogP contribution is 2.19. The first-order chi connectivity index (χ1) is 8.70. The topological polar surface area (TPSA) is 57.5 Å². The average Bonchev–Trinajstić information content (AvgIpc) is 2.47. The SMILES string of the molecule is O=C(c1ccccc1)[C@H](O)[C@H](O)c1ccccc1. The van der Waals surface area contributed by atoms with E-state index in [1.54, 1.807) is 54.6 Å². The standard InChI is InChI=1S/C15H14O3/c16-13(11-7-3-1-4-8-11)15(18)14(17)12-9-5-2-6-10-12/h1-10,13,15-16,18H/t13-,15-/m1/s1. The van der Waals surface area contributed by atoms with Crippen molar-refractivity contribution in [2.75, 3.05) is 0 Å². The molecule has 0 amide bonds. The van der Waals surface area contributed by atoms with Crippen LogP contribution in [0.5, 0.6) is 0 Å². The molecule has 2 rings (SSSR count). The quantitative estimate of drug-likeness (QED) is 0.806. The van der Waals surface area contributed by atoms with Crippen LogP contribution in [-0.2, 0) is 0 Å². The largest absolute Gasteiger partial charge is 0.385 e. The molecule has 3 nitrogen and oxygen atoms in total. The summed E-state index contributed by atoms with van der Waals surface area (Å²) in [5, 5.41) is 19.8. The van der Waals surface area contributed by atoms with Crippen molar-refractivity contribution < 1.29 is 15.0 Å². The molecule has 0 spiro atoms. The number of carbonyl (C=O) groups excluding carboxylic acids is 1. The number of hydrogen-bond acceptors (Lipinski definition) is 3. The molecule has 0 saturated carbocycles. The van der Waals surface area contributed by atoms with Gasteiger partial charge in [0.05, 0.1) is 0 Å². The number of ketones is 1. The second kappa shape index (κ2) is 5.58. The van der Waals surface area contributed by atoms with Crippen LogP contribution in [0.3, 0.4) is 0 Å². The zero-order valence-electron chi connectivity index (χ0n) is 9.73. The Labute approximate surface area is 105 Å². The van der Waals surface area contributed by atoms with Gasteiger partial charge in [-0.15, -0.1) is 0 Å². The molecule has 0 aliphatic heterocycles. The number of aliphatic hydroxyl groups excluding tert-OH is 2. The highest BCUT2D eigenvalue weighted by Gasteiger charge is 2.26. The minimum absolute atomic E-state index is 0.389. The van der Waals surface area contributed by atoms with Gasteiger partial charge in [0.1, 0.15) is 12.2 Å². The van der Waals surface area contributed by atoms with Crippen molar-refractivity contribution in [2.45, 2.75) is 12.2 Å². The fraction of sp³-hybridized carbons (Fsp3) is 0.133. The van der Waals surface area contributed by atoms with Crippen LogP contribution in [0.25, 0.3) is 0 Å². The highest BCUT2D eigenvalue weighted by molar-refractivity contribution is 5.99. The van der Waals surface area contributed by atoms with E-state index in [0.717, 1.165) is 0 Å². The van der Waals surface area contributed by atoms with E-state index < -0.39 is 18.0 Å². The molecule has 3 heteroatoms. The fourth-order valence-electron chi connectivity index (χ4n) is 1.75. The Hall–Kier alpha value is -1.97. The maximum Gasteiger partial charge on any atom is 0.194 e. The molecule has 0 radical (unpaired) electrons. The number of aliphatic hydroxyl groups is 2. The molecule has 18 heavy (non-hydrogen) atoms. The lowest BCUT2D eigenvalue weighted by atomic mass is 9.97. The Morgan fingerprint density at radius 3 is 1.89 bits per heavy atom. The maximum absolute atomic E-state index is 11.9. The van der Waals surface area contributed by atoms with Gasteiger partial charge in [0.15, 0.2) is 5.78 Å². The van der Waals surface area contributed by atoms with Gasteiger partial charge >= 0.3 is 0 Å². The lowest BCUT2D eigenvalue weighted by Crippen LogP contribution is -2.28. The second-order valence-electron chi connectivity index (χ2n) is 4.03. The number of hydrogen-bond donors (Lipinski definition) is 2. The third-order valence-electron chi connectivity index (χ3n) is 2.77. The van der Waals surface area contributed by atoms with Crippen LogP contribution in [0.15, 0.2) is 60.7 Å². The van der Waals surface area contributed by atoms with E-state index in [2.05, 4.69) is 0 Å². The molecule has 2 atom stereocenters. The Balaban J connectivity index is 2.17. The Morgan fingerprint density at radius 1 is 0.833 bits per heavy atom. The van der Waals surface area contributed by atoms with E-state index >= 15 is 0 Å². The lowest BCUT2D eigenvalue weighted by molar-refractivity contribution is 0.0204. The molecule has 0 saturated heterocycles. The van der Waals surface area contributed by atoms with Crippen LogP contribution in [0, 0.1) is 0 Å². The van der Waals surface area contributed by atoms with Crippen LogP contribution in [0.4, 0.5) is 0 Å². The molecule has 0 unspecified atom stereocenters. The Morgan fingerprint density at radius 2 is 1.33 bits per heavy atom. The van der Waals surface area contributed by atoms with Crippen molar-refractivity contribution in [2.24, 2.45) is 0 Å². The minimum Gasteiger partial charge on any atom is -0.385 e. The van der Waals surface area contributed by atoms with Crippen molar-refractivity contribution in [1.29, 1.82) is 0 Å². The first-order valence-electron chi connectivity index (χ1n) is 5.70. The first-order valence-corrected chi connectivity index (χ1v) is 5.70. The summed E-state index contributed by atoms with van der Waals surface area (Å²) >= 11 is 0. The van der Waals surface area contributed by atoms with Gasteiger partial charge in [0, 0.05) is 5.56 Å². The van der Waals surface area contributed by atoms with Gasteiger partial charge in [-0.1, -0.05) is 60.7 Å². The van der Waals surface area contributed by atoms with Crippen LogP contribution in [0.2, 0.25) is 0 Å². The molecule has 2 aromatic rings. The van der Waals surface area contributed by atoms with Crippen molar-refractivity contribution in [3.05, 3.63) is 71.8 Å². The smallest absolute Gasteiger partial charge is 0.194 e. The molecule has 92 valence electrons. The first kappa shape index (κ1) is 12.5. The predicted octanol–water partition coefficient (Wildman–Crippen LogP) is 1.96. The number of benzene rings is 2. The van der Waals surface area contributed by atoms with Gasteiger partial charge in [0.25, 0.3) is 0 Å². The van der Waals surface area contributed by atoms with E-state index in [1.807, 2.05) is 6.07 Å². The summed E-state index contributed by atoms with van der Waals surface area (Å²) in [5.74, 6) is -0.480. The van der Waals surface area contributed by atoms with Crippen LogP contribution in [-0.4, -0.2) is 22.1 Å². The predicted molar refractivity (Wildman–Crippen MR) is 68.2 cm³/mol. The molecular weight excluding hydrogens is 228 g/mol. The lowest BCUT2D eigenvalue weighted by Gasteiger charge is -2.17. The number of Topliss-reactive ketones (excluding diaryl/α,β-unsaturated/α-hetero) is 1. The van der Waals surface area contributed by atoms with Gasteiger partial charge in [-0.2, -0.15) is 0 Å². The number of carbonyl (C=O) groups is 1. The third-order valence-corrected chi connectivity index (χ3v) is 2.77. The second-order valence-corrected chi connectivity index (χ2v) is 4.03. The molecule has 2 N–H and O–H groups in total. The molecule has 0 aliphatic rings. The van der Waals surface area contributed by atoms with E-state index in [0.29, 0.717) is 11.1 Å². The minimum atomic E-state index is -1.45. The fourth-order valence-corrected chi connectivity index (χ4v) is 1.75. The molecule has 2 aromatic carbocycles. The van der Waals surface area contributed by atoms with E-state index in [9.17, 15) is 15.0 Å². The molecule has 0 aromatic heterocycles. The van der Waals surface area contributed by atoms with Crippen LogP contribution >= 0.6 is 0 Å². The molecule has 0 heterocycles. The maximum atomic E-state index is 11.9.